The molecular weight excluding hydrogens is 156 g/mol. The third-order valence-corrected chi connectivity index (χ3v) is 2.10. The molecule has 0 fully saturated rings. The van der Waals surface area contributed by atoms with Gasteiger partial charge in [0.15, 0.2) is 0 Å². The highest BCUT2D eigenvalue weighted by molar-refractivity contribution is 5.16. The minimum absolute atomic E-state index is 0.655. The average Bonchev–Trinajstić information content (AvgIpc) is 2.16. The summed E-state index contributed by atoms with van der Waals surface area (Å²) in [5.74, 6) is 0.655. The summed E-state index contributed by atoms with van der Waals surface area (Å²) in [6.45, 7) is 4.44. The zero-order valence-electron chi connectivity index (χ0n) is 8.53. The topological polar surface area (TPSA) is 0 Å². The van der Waals surface area contributed by atoms with E-state index in [1.54, 1.807) is 0 Å². The van der Waals surface area contributed by atoms with Gasteiger partial charge in [-0.3, -0.25) is 0 Å². The Labute approximate surface area is 81.3 Å². The van der Waals surface area contributed by atoms with Crippen molar-refractivity contribution in [3.05, 3.63) is 48.0 Å². The molecule has 0 radical (unpaired) electrons. The lowest BCUT2D eigenvalue weighted by Crippen LogP contribution is -1.95. The van der Waals surface area contributed by atoms with Crippen LogP contribution >= 0.6 is 0 Å². The van der Waals surface area contributed by atoms with Crippen molar-refractivity contribution < 1.29 is 0 Å². The lowest BCUT2D eigenvalue weighted by Gasteiger charge is -2.05. The Kier molecular flexibility index (Phi) is 4.31. The largest absolute Gasteiger partial charge is 0.0885 e. The maximum absolute atomic E-state index is 2.30. The second-order valence-electron chi connectivity index (χ2n) is 3.50. The Hall–Kier alpha value is -1.04. The van der Waals surface area contributed by atoms with Crippen LogP contribution in [0.1, 0.15) is 25.8 Å². The summed E-state index contributed by atoms with van der Waals surface area (Å²) in [6.07, 6.45) is 6.83. The Bertz CT molecular complexity index is 246. The maximum Gasteiger partial charge on any atom is -0.0218 e. The van der Waals surface area contributed by atoms with Crippen molar-refractivity contribution in [2.24, 2.45) is 5.92 Å². The summed E-state index contributed by atoms with van der Waals surface area (Å²) >= 11 is 0. The summed E-state index contributed by atoms with van der Waals surface area (Å²) in [7, 11) is 0. The number of hydrogen-bond acceptors (Lipinski definition) is 0. The second-order valence-corrected chi connectivity index (χ2v) is 3.50. The summed E-state index contributed by atoms with van der Waals surface area (Å²) in [6, 6.07) is 10.7. The third kappa shape index (κ3) is 3.93. The van der Waals surface area contributed by atoms with E-state index in [-0.39, 0.29) is 0 Å². The van der Waals surface area contributed by atoms with Crippen molar-refractivity contribution in [3.63, 3.8) is 0 Å². The van der Waals surface area contributed by atoms with E-state index in [1.165, 1.54) is 5.56 Å². The van der Waals surface area contributed by atoms with Crippen molar-refractivity contribution in [3.8, 4) is 0 Å². The van der Waals surface area contributed by atoms with E-state index in [1.807, 2.05) is 0 Å². The molecule has 0 bridgehead atoms. The first kappa shape index (κ1) is 10.0. The third-order valence-electron chi connectivity index (χ3n) is 2.10. The smallest absolute Gasteiger partial charge is 0.0218 e. The van der Waals surface area contributed by atoms with E-state index < -0.39 is 0 Å². The molecule has 0 heterocycles. The van der Waals surface area contributed by atoms with E-state index >= 15 is 0 Å². The molecule has 0 aliphatic carbocycles. The molecule has 0 heteroatoms. The zero-order valence-corrected chi connectivity index (χ0v) is 8.53. The van der Waals surface area contributed by atoms with Gasteiger partial charge in [0.05, 0.1) is 0 Å². The summed E-state index contributed by atoms with van der Waals surface area (Å²) in [4.78, 5) is 0. The molecule has 1 aromatic rings. The molecule has 0 aliphatic heterocycles. The number of allylic oxidation sites excluding steroid dienone is 2. The molecule has 13 heavy (non-hydrogen) atoms. The van der Waals surface area contributed by atoms with Crippen molar-refractivity contribution in [2.45, 2.75) is 26.7 Å². The van der Waals surface area contributed by atoms with E-state index in [9.17, 15) is 0 Å². The molecule has 0 aromatic heterocycles. The molecule has 0 amide bonds. The number of hydrogen-bond donors (Lipinski definition) is 0. The fraction of sp³-hybridized carbons (Fsp3) is 0.385. The van der Waals surface area contributed by atoms with Gasteiger partial charge in [0, 0.05) is 0 Å². The predicted molar refractivity (Wildman–Crippen MR) is 58.7 cm³/mol. The molecule has 1 unspecified atom stereocenters. The monoisotopic (exact) mass is 174 g/mol. The van der Waals surface area contributed by atoms with Gasteiger partial charge in [-0.2, -0.15) is 0 Å². The Morgan fingerprint density at radius 2 is 1.92 bits per heavy atom. The molecule has 1 atom stereocenters. The molecule has 0 aliphatic rings. The highest BCUT2D eigenvalue weighted by Crippen LogP contribution is 2.09. The van der Waals surface area contributed by atoms with E-state index in [0.29, 0.717) is 5.92 Å². The van der Waals surface area contributed by atoms with E-state index in [2.05, 4.69) is 56.3 Å². The van der Waals surface area contributed by atoms with Gasteiger partial charge in [0.25, 0.3) is 0 Å². The quantitative estimate of drug-likeness (QED) is 0.608. The fourth-order valence-corrected chi connectivity index (χ4v) is 1.42. The van der Waals surface area contributed by atoms with Gasteiger partial charge in [-0.1, -0.05) is 56.3 Å². The van der Waals surface area contributed by atoms with Crippen molar-refractivity contribution in [2.75, 3.05) is 0 Å². The first-order valence-electron chi connectivity index (χ1n) is 5.03. The SMILES string of the molecule is CC/C=C\C(C)Cc1ccccc1. The van der Waals surface area contributed by atoms with Crippen LogP contribution < -0.4 is 0 Å². The average molecular weight is 174 g/mol. The van der Waals surface area contributed by atoms with E-state index in [0.717, 1.165) is 12.8 Å². The van der Waals surface area contributed by atoms with Crippen LogP contribution in [-0.4, -0.2) is 0 Å². The lowest BCUT2D eigenvalue weighted by atomic mass is 10.0. The second kappa shape index (κ2) is 5.58. The van der Waals surface area contributed by atoms with E-state index in [4.69, 9.17) is 0 Å². The first-order valence-corrected chi connectivity index (χ1v) is 5.03. The Balaban J connectivity index is 2.45. The number of benzene rings is 1. The zero-order chi connectivity index (χ0) is 9.52. The van der Waals surface area contributed by atoms with Gasteiger partial charge >= 0.3 is 0 Å². The van der Waals surface area contributed by atoms with Gasteiger partial charge in [-0.05, 0) is 24.3 Å². The normalized spacial score (nSPS) is 13.4. The van der Waals surface area contributed by atoms with Gasteiger partial charge < -0.3 is 0 Å². The van der Waals surface area contributed by atoms with Crippen molar-refractivity contribution in [1.29, 1.82) is 0 Å². The molecule has 1 aromatic carbocycles. The van der Waals surface area contributed by atoms with Crippen LogP contribution in [0.2, 0.25) is 0 Å². The molecule has 0 saturated heterocycles. The molecule has 0 nitrogen and oxygen atoms in total. The molecule has 70 valence electrons. The predicted octanol–water partition coefficient (Wildman–Crippen LogP) is 3.83. The van der Waals surface area contributed by atoms with Crippen molar-refractivity contribution >= 4 is 0 Å². The summed E-state index contributed by atoms with van der Waals surface area (Å²) in [5, 5.41) is 0. The summed E-state index contributed by atoms with van der Waals surface area (Å²) in [5.41, 5.74) is 1.43. The van der Waals surface area contributed by atoms with Crippen LogP contribution in [0.5, 0.6) is 0 Å². The molecule has 1 rings (SSSR count). The van der Waals surface area contributed by atoms with Crippen LogP contribution in [0.3, 0.4) is 0 Å². The maximum atomic E-state index is 2.30. The minimum Gasteiger partial charge on any atom is -0.0885 e. The van der Waals surface area contributed by atoms with Crippen LogP contribution in [0.15, 0.2) is 42.5 Å². The standard InChI is InChI=1S/C13H18/c1-3-4-8-12(2)11-13-9-6-5-7-10-13/h4-10,12H,3,11H2,1-2H3/b8-4-. The molecule has 0 saturated carbocycles. The molecule has 0 N–H and O–H groups in total. The summed E-state index contributed by atoms with van der Waals surface area (Å²) < 4.78 is 0. The van der Waals surface area contributed by atoms with Gasteiger partial charge in [-0.25, -0.2) is 0 Å². The minimum atomic E-state index is 0.655. The van der Waals surface area contributed by atoms with Crippen LogP contribution in [0.25, 0.3) is 0 Å². The lowest BCUT2D eigenvalue weighted by molar-refractivity contribution is 0.720. The van der Waals surface area contributed by atoms with Gasteiger partial charge in [-0.15, -0.1) is 0 Å². The number of rotatable bonds is 4. The first-order chi connectivity index (χ1) is 6.33. The highest BCUT2D eigenvalue weighted by Gasteiger charge is 1.97. The highest BCUT2D eigenvalue weighted by atomic mass is 14.0. The molecular formula is C13H18. The molecule has 0 spiro atoms. The van der Waals surface area contributed by atoms with Gasteiger partial charge in [0.2, 0.25) is 0 Å². The Morgan fingerprint density at radius 1 is 1.23 bits per heavy atom. The van der Waals surface area contributed by atoms with Crippen LogP contribution in [0, 0.1) is 5.92 Å². The van der Waals surface area contributed by atoms with Crippen LogP contribution in [0.4, 0.5) is 0 Å². The van der Waals surface area contributed by atoms with Crippen LogP contribution in [-0.2, 0) is 6.42 Å². The van der Waals surface area contributed by atoms with Gasteiger partial charge in [0.1, 0.15) is 0 Å². The Morgan fingerprint density at radius 3 is 2.54 bits per heavy atom. The fourth-order valence-electron chi connectivity index (χ4n) is 1.42. The van der Waals surface area contributed by atoms with Crippen molar-refractivity contribution in [1.82, 2.24) is 0 Å².